The summed E-state index contributed by atoms with van der Waals surface area (Å²) in [7, 11) is 0. The van der Waals surface area contributed by atoms with Crippen LogP contribution in [-0.4, -0.2) is 20.4 Å². The van der Waals surface area contributed by atoms with Crippen LogP contribution in [0.2, 0.25) is 0 Å². The van der Waals surface area contributed by atoms with Crippen LogP contribution in [-0.2, 0) is 0 Å². The summed E-state index contributed by atoms with van der Waals surface area (Å²) in [6.45, 7) is 0. The summed E-state index contributed by atoms with van der Waals surface area (Å²) in [4.78, 5) is 0. The summed E-state index contributed by atoms with van der Waals surface area (Å²) >= 11 is 0. The highest BCUT2D eigenvalue weighted by Crippen LogP contribution is 2.29. The third-order valence-electron chi connectivity index (χ3n) is 4.65. The van der Waals surface area contributed by atoms with Gasteiger partial charge in [-0.25, -0.2) is 0 Å². The molecule has 0 fully saturated rings. The molecule has 1 aromatic heterocycles. The molecular formula is C24H16N2O4. The van der Waals surface area contributed by atoms with Gasteiger partial charge in [0.1, 0.15) is 23.0 Å². The summed E-state index contributed by atoms with van der Waals surface area (Å²) in [5, 5.41) is 31.0. The third-order valence-corrected chi connectivity index (χ3v) is 4.65. The molecule has 146 valence electrons. The normalized spacial score (nSPS) is 10.9. The molecule has 0 atom stereocenters. The van der Waals surface area contributed by atoms with Gasteiger partial charge < -0.3 is 19.7 Å². The molecule has 0 amide bonds. The lowest BCUT2D eigenvalue weighted by Crippen LogP contribution is -1.93. The van der Waals surface area contributed by atoms with Crippen molar-refractivity contribution in [2.24, 2.45) is 0 Å². The number of benzene rings is 4. The number of ether oxygens (including phenoxy) is 2. The van der Waals surface area contributed by atoms with Crippen LogP contribution in [0.5, 0.6) is 34.8 Å². The molecule has 2 N–H and O–H groups in total. The van der Waals surface area contributed by atoms with E-state index in [4.69, 9.17) is 9.47 Å². The summed E-state index contributed by atoms with van der Waals surface area (Å²) in [6, 6.07) is 24.8. The molecular weight excluding hydrogens is 380 g/mol. The molecule has 0 saturated carbocycles. The van der Waals surface area contributed by atoms with Gasteiger partial charge in [0.2, 0.25) is 11.8 Å². The van der Waals surface area contributed by atoms with Gasteiger partial charge in [-0.2, -0.15) is 0 Å². The Kier molecular flexibility index (Phi) is 4.29. The summed E-state index contributed by atoms with van der Waals surface area (Å²) in [5.41, 5.74) is 0. The molecule has 0 saturated heterocycles. The van der Waals surface area contributed by atoms with Gasteiger partial charge in [0, 0.05) is 12.1 Å². The number of aromatic hydroxyl groups is 2. The molecule has 0 aliphatic rings. The summed E-state index contributed by atoms with van der Waals surface area (Å²) in [5.74, 6) is 2.37. The van der Waals surface area contributed by atoms with E-state index < -0.39 is 0 Å². The monoisotopic (exact) mass is 396 g/mol. The zero-order valence-corrected chi connectivity index (χ0v) is 15.7. The molecule has 4 aromatic carbocycles. The molecule has 0 aliphatic carbocycles. The van der Waals surface area contributed by atoms with E-state index in [0.29, 0.717) is 23.3 Å². The summed E-state index contributed by atoms with van der Waals surface area (Å²) < 4.78 is 11.6. The minimum absolute atomic E-state index is 0.224. The van der Waals surface area contributed by atoms with Crippen molar-refractivity contribution >= 4 is 21.5 Å². The molecule has 0 bridgehead atoms. The molecule has 5 rings (SSSR count). The quantitative estimate of drug-likeness (QED) is 0.401. The maximum absolute atomic E-state index is 9.56. The predicted octanol–water partition coefficient (Wildman–Crippen LogP) is 5.78. The topological polar surface area (TPSA) is 84.7 Å². The number of hydrogen-bond acceptors (Lipinski definition) is 6. The van der Waals surface area contributed by atoms with E-state index in [9.17, 15) is 10.2 Å². The van der Waals surface area contributed by atoms with Crippen molar-refractivity contribution in [1.82, 2.24) is 10.2 Å². The largest absolute Gasteiger partial charge is 0.508 e. The first-order valence-electron chi connectivity index (χ1n) is 9.27. The van der Waals surface area contributed by atoms with Crippen LogP contribution in [0.3, 0.4) is 0 Å². The Morgan fingerprint density at radius 3 is 1.30 bits per heavy atom. The highest BCUT2D eigenvalue weighted by molar-refractivity contribution is 5.86. The minimum Gasteiger partial charge on any atom is -0.508 e. The third kappa shape index (κ3) is 3.66. The lowest BCUT2D eigenvalue weighted by molar-refractivity contribution is 0.427. The molecule has 0 aliphatic heterocycles. The van der Waals surface area contributed by atoms with E-state index in [2.05, 4.69) is 10.2 Å². The second-order valence-electron chi connectivity index (χ2n) is 6.80. The average Bonchev–Trinajstić information content (AvgIpc) is 2.75. The van der Waals surface area contributed by atoms with E-state index in [1.54, 1.807) is 48.5 Å². The Balaban J connectivity index is 1.32. The van der Waals surface area contributed by atoms with Crippen LogP contribution >= 0.6 is 0 Å². The fourth-order valence-corrected chi connectivity index (χ4v) is 3.21. The van der Waals surface area contributed by atoms with Crippen molar-refractivity contribution in [3.8, 4) is 34.8 Å². The molecule has 0 radical (unpaired) electrons. The number of nitrogens with zero attached hydrogens (tertiary/aromatic N) is 2. The van der Waals surface area contributed by atoms with Crippen molar-refractivity contribution in [3.05, 3.63) is 84.9 Å². The Morgan fingerprint density at radius 2 is 0.867 bits per heavy atom. The lowest BCUT2D eigenvalue weighted by Gasteiger charge is -2.08. The van der Waals surface area contributed by atoms with Crippen LogP contribution in [0, 0.1) is 0 Å². The van der Waals surface area contributed by atoms with Crippen LogP contribution in [0.25, 0.3) is 21.5 Å². The molecule has 6 nitrogen and oxygen atoms in total. The second kappa shape index (κ2) is 7.25. The standard InChI is InChI=1S/C24H16N2O4/c27-19-5-1-17-13-21(7-3-15(17)11-19)29-23-9-10-24(26-25-23)30-22-8-4-16-12-20(28)6-2-18(16)14-22/h1-14,27-28H. The maximum Gasteiger partial charge on any atom is 0.239 e. The smallest absolute Gasteiger partial charge is 0.239 e. The number of phenols is 2. The zero-order chi connectivity index (χ0) is 20.5. The Morgan fingerprint density at radius 1 is 0.467 bits per heavy atom. The number of rotatable bonds is 4. The van der Waals surface area contributed by atoms with Gasteiger partial charge in [-0.3, -0.25) is 0 Å². The Labute approximate surface area is 171 Å². The van der Waals surface area contributed by atoms with E-state index >= 15 is 0 Å². The van der Waals surface area contributed by atoms with Crippen molar-refractivity contribution in [2.45, 2.75) is 0 Å². The van der Waals surface area contributed by atoms with Crippen LogP contribution in [0.1, 0.15) is 0 Å². The van der Waals surface area contributed by atoms with Crippen LogP contribution < -0.4 is 9.47 Å². The zero-order valence-electron chi connectivity index (χ0n) is 15.7. The van der Waals surface area contributed by atoms with Gasteiger partial charge in [0.05, 0.1) is 0 Å². The van der Waals surface area contributed by atoms with E-state index in [0.717, 1.165) is 21.5 Å². The van der Waals surface area contributed by atoms with E-state index in [1.807, 2.05) is 36.4 Å². The van der Waals surface area contributed by atoms with Gasteiger partial charge in [0.15, 0.2) is 0 Å². The van der Waals surface area contributed by atoms with Crippen LogP contribution in [0.4, 0.5) is 0 Å². The highest BCUT2D eigenvalue weighted by atomic mass is 16.5. The van der Waals surface area contributed by atoms with Crippen LogP contribution in [0.15, 0.2) is 84.9 Å². The van der Waals surface area contributed by atoms with E-state index in [1.165, 1.54) is 0 Å². The fraction of sp³-hybridized carbons (Fsp3) is 0. The average molecular weight is 396 g/mol. The number of hydrogen-bond donors (Lipinski definition) is 2. The first-order chi connectivity index (χ1) is 14.6. The van der Waals surface area contributed by atoms with E-state index in [-0.39, 0.29) is 11.5 Å². The van der Waals surface area contributed by atoms with Gasteiger partial charge >= 0.3 is 0 Å². The lowest BCUT2D eigenvalue weighted by atomic mass is 10.1. The summed E-state index contributed by atoms with van der Waals surface area (Å²) in [6.07, 6.45) is 0. The molecule has 30 heavy (non-hydrogen) atoms. The van der Waals surface area contributed by atoms with Gasteiger partial charge in [-0.05, 0) is 70.1 Å². The Bertz CT molecular complexity index is 1260. The molecule has 0 unspecified atom stereocenters. The second-order valence-corrected chi connectivity index (χ2v) is 6.80. The first-order valence-corrected chi connectivity index (χ1v) is 9.27. The number of phenolic OH excluding ortho intramolecular Hbond substituents is 2. The number of fused-ring (bicyclic) bond motifs is 2. The van der Waals surface area contributed by atoms with Gasteiger partial charge in [0.25, 0.3) is 0 Å². The Hall–Kier alpha value is -4.32. The van der Waals surface area contributed by atoms with Crippen molar-refractivity contribution in [3.63, 3.8) is 0 Å². The molecule has 1 heterocycles. The van der Waals surface area contributed by atoms with Gasteiger partial charge in [-0.1, -0.05) is 24.3 Å². The fourth-order valence-electron chi connectivity index (χ4n) is 3.21. The SMILES string of the molecule is Oc1ccc2cc(Oc3ccc(Oc4ccc5cc(O)ccc5c4)nn3)ccc2c1. The molecule has 6 heteroatoms. The van der Waals surface area contributed by atoms with Gasteiger partial charge in [-0.15, -0.1) is 10.2 Å². The first kappa shape index (κ1) is 17.8. The highest BCUT2D eigenvalue weighted by Gasteiger charge is 2.05. The van der Waals surface area contributed by atoms with Crippen molar-refractivity contribution in [2.75, 3.05) is 0 Å². The predicted molar refractivity (Wildman–Crippen MR) is 113 cm³/mol. The molecule has 0 spiro atoms. The van der Waals surface area contributed by atoms with Crippen molar-refractivity contribution in [1.29, 1.82) is 0 Å². The minimum atomic E-state index is 0.224. The molecule has 5 aromatic rings. The van der Waals surface area contributed by atoms with Crippen molar-refractivity contribution < 1.29 is 19.7 Å². The number of aromatic nitrogens is 2. The maximum atomic E-state index is 9.56.